The van der Waals surface area contributed by atoms with Crippen LogP contribution in [0.4, 0.5) is 5.69 Å². The molecular weight excluding hydrogens is 384 g/mol. The summed E-state index contributed by atoms with van der Waals surface area (Å²) in [6, 6.07) is 16.8. The van der Waals surface area contributed by atoms with E-state index >= 15 is 0 Å². The van der Waals surface area contributed by atoms with Crippen molar-refractivity contribution in [2.24, 2.45) is 0 Å². The number of nitrogens with zero attached hydrogens (tertiary/aromatic N) is 1. The van der Waals surface area contributed by atoms with Gasteiger partial charge in [0.25, 0.3) is 11.8 Å². The van der Waals surface area contributed by atoms with Crippen LogP contribution in [0.25, 0.3) is 5.57 Å². The number of benzene rings is 2. The molecule has 2 aromatic carbocycles. The topological polar surface area (TPSA) is 66.5 Å². The molecule has 2 aromatic rings. The van der Waals surface area contributed by atoms with E-state index in [0.717, 1.165) is 5.56 Å². The zero-order chi connectivity index (χ0) is 21.0. The number of hydrogen-bond acceptors (Lipinski definition) is 4. The van der Waals surface area contributed by atoms with Gasteiger partial charge in [0.1, 0.15) is 0 Å². The molecule has 29 heavy (non-hydrogen) atoms. The van der Waals surface area contributed by atoms with Gasteiger partial charge in [-0.15, -0.1) is 11.8 Å². The minimum Gasteiger partial charge on any atom is -0.326 e. The van der Waals surface area contributed by atoms with Crippen molar-refractivity contribution >= 4 is 40.7 Å². The van der Waals surface area contributed by atoms with Crippen molar-refractivity contribution in [3.8, 4) is 0 Å². The van der Waals surface area contributed by atoms with Crippen molar-refractivity contribution in [1.29, 1.82) is 0 Å². The van der Waals surface area contributed by atoms with Crippen LogP contribution in [0.5, 0.6) is 0 Å². The molecule has 0 radical (unpaired) electrons. The van der Waals surface area contributed by atoms with Gasteiger partial charge in [-0.05, 0) is 29.7 Å². The lowest BCUT2D eigenvalue weighted by Crippen LogP contribution is -2.33. The third-order valence-electron chi connectivity index (χ3n) is 4.44. The smallest absolute Gasteiger partial charge is 0.268 e. The van der Waals surface area contributed by atoms with Crippen LogP contribution in [0.1, 0.15) is 31.9 Å². The highest BCUT2D eigenvalue weighted by molar-refractivity contribution is 8.04. The quantitative estimate of drug-likeness (QED) is 0.700. The summed E-state index contributed by atoms with van der Waals surface area (Å²) < 4.78 is 0. The largest absolute Gasteiger partial charge is 0.326 e. The van der Waals surface area contributed by atoms with E-state index in [1.54, 1.807) is 24.3 Å². The standard InChI is InChI=1S/C23H24N2O3S/c1-15(2)29-21-20(18-9-11-19(12-10-18)24-16(3)26)22(27)25(23(21)28)14-13-17-7-5-4-6-8-17/h4-12,15H,13-14H2,1-3H3,(H,24,26). The van der Waals surface area contributed by atoms with Gasteiger partial charge in [-0.1, -0.05) is 56.3 Å². The molecule has 5 nitrogen and oxygen atoms in total. The Balaban J connectivity index is 1.87. The van der Waals surface area contributed by atoms with E-state index in [1.807, 2.05) is 44.2 Å². The summed E-state index contributed by atoms with van der Waals surface area (Å²) in [5, 5.41) is 2.88. The Labute approximate surface area is 175 Å². The highest BCUT2D eigenvalue weighted by Crippen LogP contribution is 2.38. The highest BCUT2D eigenvalue weighted by atomic mass is 32.2. The third kappa shape index (κ3) is 4.95. The zero-order valence-corrected chi connectivity index (χ0v) is 17.6. The lowest BCUT2D eigenvalue weighted by molar-refractivity contribution is -0.136. The molecule has 0 bridgehead atoms. The minimum absolute atomic E-state index is 0.160. The van der Waals surface area contributed by atoms with Crippen molar-refractivity contribution in [3.63, 3.8) is 0 Å². The lowest BCUT2D eigenvalue weighted by Gasteiger charge is -2.15. The Morgan fingerprint density at radius 2 is 1.66 bits per heavy atom. The predicted octanol–water partition coefficient (Wildman–Crippen LogP) is 4.11. The number of anilines is 1. The molecule has 0 aromatic heterocycles. The van der Waals surface area contributed by atoms with Gasteiger partial charge < -0.3 is 5.32 Å². The Morgan fingerprint density at radius 1 is 1.00 bits per heavy atom. The monoisotopic (exact) mass is 408 g/mol. The van der Waals surface area contributed by atoms with Gasteiger partial charge in [-0.3, -0.25) is 19.3 Å². The number of thioether (sulfide) groups is 1. The van der Waals surface area contributed by atoms with Crippen LogP contribution in [0.3, 0.4) is 0 Å². The van der Waals surface area contributed by atoms with Crippen molar-refractivity contribution in [2.75, 3.05) is 11.9 Å². The number of imide groups is 1. The molecule has 0 fully saturated rings. The van der Waals surface area contributed by atoms with Crippen LogP contribution < -0.4 is 5.32 Å². The van der Waals surface area contributed by atoms with Crippen molar-refractivity contribution < 1.29 is 14.4 Å². The Hall–Kier alpha value is -2.86. The molecule has 0 aliphatic carbocycles. The number of amides is 3. The van der Waals surface area contributed by atoms with E-state index in [9.17, 15) is 14.4 Å². The number of hydrogen-bond donors (Lipinski definition) is 1. The average Bonchev–Trinajstić information content (AvgIpc) is 2.90. The fourth-order valence-corrected chi connectivity index (χ4v) is 4.17. The summed E-state index contributed by atoms with van der Waals surface area (Å²) in [5.74, 6) is -0.654. The van der Waals surface area contributed by atoms with Gasteiger partial charge >= 0.3 is 0 Å². The van der Waals surface area contributed by atoms with Crippen LogP contribution >= 0.6 is 11.8 Å². The number of carbonyl (C=O) groups excluding carboxylic acids is 3. The summed E-state index contributed by atoms with van der Waals surface area (Å²) in [4.78, 5) is 39.3. The molecule has 1 heterocycles. The average molecular weight is 409 g/mol. The zero-order valence-electron chi connectivity index (χ0n) is 16.8. The normalized spacial score (nSPS) is 14.1. The second-order valence-corrected chi connectivity index (χ2v) is 8.71. The van der Waals surface area contributed by atoms with Crippen LogP contribution in [-0.4, -0.2) is 34.4 Å². The fraction of sp³-hybridized carbons (Fsp3) is 0.261. The first-order valence-electron chi connectivity index (χ1n) is 9.56. The van der Waals surface area contributed by atoms with Gasteiger partial charge in [-0.2, -0.15) is 0 Å². The fourth-order valence-electron chi connectivity index (χ4n) is 3.17. The van der Waals surface area contributed by atoms with Crippen molar-refractivity contribution in [1.82, 2.24) is 4.90 Å². The number of nitrogens with one attached hydrogen (secondary N) is 1. The Kier molecular flexibility index (Phi) is 6.54. The number of carbonyl (C=O) groups is 3. The van der Waals surface area contributed by atoms with E-state index < -0.39 is 0 Å². The molecule has 6 heteroatoms. The third-order valence-corrected chi connectivity index (χ3v) is 5.53. The first-order valence-corrected chi connectivity index (χ1v) is 10.4. The summed E-state index contributed by atoms with van der Waals surface area (Å²) in [6.45, 7) is 5.79. The first-order chi connectivity index (χ1) is 13.9. The summed E-state index contributed by atoms with van der Waals surface area (Å²) in [6.07, 6.45) is 0.618. The van der Waals surface area contributed by atoms with Gasteiger partial charge in [0.15, 0.2) is 0 Å². The maximum Gasteiger partial charge on any atom is 0.268 e. The molecule has 3 rings (SSSR count). The van der Waals surface area contributed by atoms with Crippen LogP contribution in [-0.2, 0) is 20.8 Å². The van der Waals surface area contributed by atoms with E-state index in [1.165, 1.54) is 23.6 Å². The van der Waals surface area contributed by atoms with Crippen molar-refractivity contribution in [2.45, 2.75) is 32.4 Å². The van der Waals surface area contributed by atoms with Crippen LogP contribution in [0.2, 0.25) is 0 Å². The second kappa shape index (κ2) is 9.09. The van der Waals surface area contributed by atoms with E-state index in [4.69, 9.17) is 0 Å². The molecule has 0 saturated carbocycles. The summed E-state index contributed by atoms with van der Waals surface area (Å²) >= 11 is 1.41. The summed E-state index contributed by atoms with van der Waals surface area (Å²) in [5.41, 5.74) is 2.86. The maximum absolute atomic E-state index is 13.2. The Morgan fingerprint density at radius 3 is 2.24 bits per heavy atom. The van der Waals surface area contributed by atoms with E-state index in [-0.39, 0.29) is 23.0 Å². The molecular formula is C23H24N2O3S. The van der Waals surface area contributed by atoms with Gasteiger partial charge in [0.2, 0.25) is 5.91 Å². The Bertz CT molecular complexity index is 950. The van der Waals surface area contributed by atoms with Crippen LogP contribution in [0.15, 0.2) is 59.5 Å². The van der Waals surface area contributed by atoms with E-state index in [2.05, 4.69) is 5.32 Å². The first kappa shape index (κ1) is 20.9. The molecule has 1 N–H and O–H groups in total. The van der Waals surface area contributed by atoms with Gasteiger partial charge in [0, 0.05) is 24.4 Å². The highest BCUT2D eigenvalue weighted by Gasteiger charge is 2.39. The minimum atomic E-state index is -0.263. The summed E-state index contributed by atoms with van der Waals surface area (Å²) in [7, 11) is 0. The molecule has 1 aliphatic rings. The molecule has 0 unspecified atom stereocenters. The molecule has 3 amide bonds. The van der Waals surface area contributed by atoms with E-state index in [0.29, 0.717) is 34.7 Å². The van der Waals surface area contributed by atoms with Gasteiger partial charge in [0.05, 0.1) is 10.5 Å². The van der Waals surface area contributed by atoms with Crippen molar-refractivity contribution in [3.05, 3.63) is 70.6 Å². The van der Waals surface area contributed by atoms with Gasteiger partial charge in [-0.25, -0.2) is 0 Å². The molecule has 150 valence electrons. The van der Waals surface area contributed by atoms with Crippen LogP contribution in [0, 0.1) is 0 Å². The molecule has 1 aliphatic heterocycles. The molecule has 0 atom stereocenters. The number of rotatable bonds is 7. The molecule has 0 saturated heterocycles. The molecule has 0 spiro atoms. The second-order valence-electron chi connectivity index (χ2n) is 7.13. The SMILES string of the molecule is CC(=O)Nc1ccc(C2=C(SC(C)C)C(=O)N(CCc3ccccc3)C2=O)cc1. The maximum atomic E-state index is 13.2. The lowest BCUT2D eigenvalue weighted by atomic mass is 10.1. The predicted molar refractivity (Wildman–Crippen MR) is 117 cm³/mol.